The van der Waals surface area contributed by atoms with E-state index in [0.717, 1.165) is 6.42 Å². The van der Waals surface area contributed by atoms with Crippen LogP contribution >= 0.6 is 11.3 Å². The number of urea groups is 1. The molecule has 1 N–H and O–H groups in total. The van der Waals surface area contributed by atoms with Gasteiger partial charge in [-0.3, -0.25) is 18.9 Å². The van der Waals surface area contributed by atoms with Crippen LogP contribution in [0.2, 0.25) is 0 Å². The van der Waals surface area contributed by atoms with Crippen LogP contribution in [0.15, 0.2) is 22.4 Å². The van der Waals surface area contributed by atoms with E-state index in [1.165, 1.54) is 26.7 Å². The number of hydrogen-bond donors (Lipinski definition) is 1. The van der Waals surface area contributed by atoms with E-state index in [-0.39, 0.29) is 23.4 Å². The fraction of sp³-hybridized carbons (Fsp3) is 0.556. The van der Waals surface area contributed by atoms with Crippen molar-refractivity contribution in [2.24, 2.45) is 11.3 Å². The summed E-state index contributed by atoms with van der Waals surface area (Å²) < 4.78 is 1.45. The predicted octanol–water partition coefficient (Wildman–Crippen LogP) is 2.39. The summed E-state index contributed by atoms with van der Waals surface area (Å²) in [5.41, 5.74) is -0.620. The molecule has 26 heavy (non-hydrogen) atoms. The fourth-order valence-electron chi connectivity index (χ4n) is 4.78. The fourth-order valence-corrected chi connectivity index (χ4v) is 5.52. The van der Waals surface area contributed by atoms with Gasteiger partial charge in [-0.25, -0.2) is 9.78 Å². The van der Waals surface area contributed by atoms with E-state index in [1.54, 1.807) is 11.6 Å². The molecule has 2 aromatic rings. The number of fused-ring (bicyclic) bond motifs is 1. The summed E-state index contributed by atoms with van der Waals surface area (Å²) in [6.45, 7) is 6.42. The van der Waals surface area contributed by atoms with Gasteiger partial charge in [0.05, 0.1) is 12.2 Å². The Kier molecular flexibility index (Phi) is 3.73. The second-order valence-corrected chi connectivity index (χ2v) is 9.27. The van der Waals surface area contributed by atoms with Gasteiger partial charge in [-0.15, -0.1) is 11.3 Å². The molecule has 3 heterocycles. The van der Waals surface area contributed by atoms with Crippen molar-refractivity contribution in [2.45, 2.75) is 52.1 Å². The summed E-state index contributed by atoms with van der Waals surface area (Å²) in [5, 5.41) is 4.73. The number of hydrogen-bond acceptors (Lipinski definition) is 5. The zero-order valence-electron chi connectivity index (χ0n) is 15.1. The first-order chi connectivity index (χ1) is 12.2. The Hall–Kier alpha value is -2.22. The highest BCUT2D eigenvalue weighted by molar-refractivity contribution is 7.15. The summed E-state index contributed by atoms with van der Waals surface area (Å²) >= 11 is 1.34. The van der Waals surface area contributed by atoms with E-state index >= 15 is 0 Å². The van der Waals surface area contributed by atoms with Crippen LogP contribution in [0.25, 0.3) is 4.96 Å². The van der Waals surface area contributed by atoms with Crippen LogP contribution in [0.1, 0.15) is 45.7 Å². The average Bonchev–Trinajstić information content (AvgIpc) is 3.05. The number of aromatic nitrogens is 2. The molecule has 0 unspecified atom stereocenters. The second kappa shape index (κ2) is 5.64. The third kappa shape index (κ3) is 2.72. The Morgan fingerprint density at radius 1 is 1.31 bits per heavy atom. The van der Waals surface area contributed by atoms with Crippen molar-refractivity contribution >= 4 is 28.2 Å². The number of nitrogens with one attached hydrogen (secondary N) is 1. The van der Waals surface area contributed by atoms with E-state index in [4.69, 9.17) is 0 Å². The molecule has 2 atom stereocenters. The monoisotopic (exact) mass is 374 g/mol. The molecule has 1 aliphatic carbocycles. The van der Waals surface area contributed by atoms with Gasteiger partial charge in [0.2, 0.25) is 0 Å². The molecule has 0 aromatic carbocycles. The molecule has 0 bridgehead atoms. The molecule has 138 valence electrons. The third-order valence-electron chi connectivity index (χ3n) is 5.30. The van der Waals surface area contributed by atoms with Crippen LogP contribution in [0, 0.1) is 11.3 Å². The molecule has 3 amide bonds. The lowest BCUT2D eigenvalue weighted by molar-refractivity contribution is -0.135. The molecule has 2 fully saturated rings. The van der Waals surface area contributed by atoms with Gasteiger partial charge in [0.1, 0.15) is 5.54 Å². The van der Waals surface area contributed by atoms with Crippen LogP contribution in [-0.4, -0.2) is 31.8 Å². The van der Waals surface area contributed by atoms with Gasteiger partial charge in [-0.2, -0.15) is 0 Å². The van der Waals surface area contributed by atoms with E-state index in [1.807, 2.05) is 0 Å². The average molecular weight is 374 g/mol. The van der Waals surface area contributed by atoms with Crippen LogP contribution in [-0.2, 0) is 11.3 Å². The SMILES string of the molecule is C[C@@H]1CC(C)(C)C[C@]2(C1)NC(=O)N(Cc1cc(=O)n3ccsc3n1)C2=O. The van der Waals surface area contributed by atoms with Crippen LogP contribution in [0.4, 0.5) is 4.79 Å². The third-order valence-corrected chi connectivity index (χ3v) is 6.06. The summed E-state index contributed by atoms with van der Waals surface area (Å²) in [4.78, 5) is 44.1. The second-order valence-electron chi connectivity index (χ2n) is 8.40. The lowest BCUT2D eigenvalue weighted by Crippen LogP contribution is -2.54. The lowest BCUT2D eigenvalue weighted by Gasteiger charge is -2.43. The van der Waals surface area contributed by atoms with Gasteiger partial charge in [0.15, 0.2) is 4.96 Å². The molecule has 4 rings (SSSR count). The molecule has 1 spiro atoms. The minimum Gasteiger partial charge on any atom is -0.323 e. The molecule has 8 heteroatoms. The molecule has 1 saturated carbocycles. The summed E-state index contributed by atoms with van der Waals surface area (Å²) in [6.07, 6.45) is 3.97. The van der Waals surface area contributed by atoms with E-state index < -0.39 is 11.6 Å². The summed E-state index contributed by atoms with van der Waals surface area (Å²) in [5.74, 6) is 0.156. The molecule has 2 aromatic heterocycles. The van der Waals surface area contributed by atoms with Gasteiger partial charge in [0, 0.05) is 17.6 Å². The quantitative estimate of drug-likeness (QED) is 0.818. The highest BCUT2D eigenvalue weighted by Crippen LogP contribution is 2.46. The maximum atomic E-state index is 13.2. The zero-order valence-corrected chi connectivity index (χ0v) is 15.9. The minimum absolute atomic E-state index is 0.0103. The van der Waals surface area contributed by atoms with E-state index in [9.17, 15) is 14.4 Å². The van der Waals surface area contributed by atoms with Crippen molar-refractivity contribution in [2.75, 3.05) is 0 Å². The van der Waals surface area contributed by atoms with Gasteiger partial charge in [0.25, 0.3) is 11.5 Å². The highest BCUT2D eigenvalue weighted by atomic mass is 32.1. The molecule has 1 aliphatic heterocycles. The Labute approximate surface area is 155 Å². The standard InChI is InChI=1S/C18H22N4O3S/c1-11-7-17(2,3)10-18(8-11)14(24)22(15(25)20-18)9-12-6-13(23)21-4-5-26-16(21)19-12/h4-6,11H,7-10H2,1-3H3,(H,20,25)/t11-,18+/m1/s1. The largest absolute Gasteiger partial charge is 0.325 e. The van der Waals surface area contributed by atoms with Crippen LogP contribution in [0.5, 0.6) is 0 Å². The number of imide groups is 1. The van der Waals surface area contributed by atoms with Crippen molar-refractivity contribution in [3.05, 3.63) is 33.7 Å². The Bertz CT molecular complexity index is 963. The number of carbonyl (C=O) groups is 2. The van der Waals surface area contributed by atoms with Crippen LogP contribution in [0.3, 0.4) is 0 Å². The van der Waals surface area contributed by atoms with Crippen molar-refractivity contribution in [3.63, 3.8) is 0 Å². The number of nitrogens with zero attached hydrogens (tertiary/aromatic N) is 3. The number of rotatable bonds is 2. The van der Waals surface area contributed by atoms with Crippen LogP contribution < -0.4 is 10.9 Å². The van der Waals surface area contributed by atoms with Gasteiger partial charge in [-0.05, 0) is 30.6 Å². The number of thiazole rings is 1. The van der Waals surface area contributed by atoms with Crippen molar-refractivity contribution < 1.29 is 9.59 Å². The first-order valence-corrected chi connectivity index (χ1v) is 9.67. The minimum atomic E-state index is -0.833. The zero-order chi connectivity index (χ0) is 18.7. The maximum absolute atomic E-state index is 13.2. The van der Waals surface area contributed by atoms with E-state index in [2.05, 4.69) is 31.1 Å². The first-order valence-electron chi connectivity index (χ1n) is 8.79. The van der Waals surface area contributed by atoms with E-state index in [0.29, 0.717) is 29.4 Å². The van der Waals surface area contributed by atoms with Gasteiger partial charge < -0.3 is 5.32 Å². The van der Waals surface area contributed by atoms with Crippen molar-refractivity contribution in [1.82, 2.24) is 19.6 Å². The molecule has 2 aliphatic rings. The van der Waals surface area contributed by atoms with Gasteiger partial charge in [-0.1, -0.05) is 20.8 Å². The predicted molar refractivity (Wildman–Crippen MR) is 97.9 cm³/mol. The Morgan fingerprint density at radius 3 is 2.81 bits per heavy atom. The summed E-state index contributed by atoms with van der Waals surface area (Å²) in [7, 11) is 0. The smallest absolute Gasteiger partial charge is 0.323 e. The number of carbonyl (C=O) groups excluding carboxylic acids is 2. The molecule has 0 radical (unpaired) electrons. The summed E-state index contributed by atoms with van der Waals surface area (Å²) in [6, 6.07) is 0.992. The normalized spacial score (nSPS) is 28.1. The Balaban J connectivity index is 1.64. The lowest BCUT2D eigenvalue weighted by atomic mass is 9.64. The maximum Gasteiger partial charge on any atom is 0.325 e. The molecule has 1 saturated heterocycles. The molecule has 7 nitrogen and oxygen atoms in total. The van der Waals surface area contributed by atoms with Crippen molar-refractivity contribution in [3.8, 4) is 0 Å². The Morgan fingerprint density at radius 2 is 2.08 bits per heavy atom. The first kappa shape index (κ1) is 17.2. The highest BCUT2D eigenvalue weighted by Gasteiger charge is 2.56. The number of amides is 3. The van der Waals surface area contributed by atoms with Crippen molar-refractivity contribution in [1.29, 1.82) is 0 Å². The van der Waals surface area contributed by atoms with Gasteiger partial charge >= 0.3 is 6.03 Å². The molecular weight excluding hydrogens is 352 g/mol. The topological polar surface area (TPSA) is 83.8 Å². The molecular formula is C18H22N4O3S.